The molecule has 0 aromatic heterocycles. The molecule has 0 spiro atoms. The normalized spacial score (nSPS) is 23.6. The van der Waals surface area contributed by atoms with Gasteiger partial charge in [-0.3, -0.25) is 4.79 Å². The van der Waals surface area contributed by atoms with Crippen molar-refractivity contribution >= 4 is 17.5 Å². The predicted molar refractivity (Wildman–Crippen MR) is 73.9 cm³/mol. The summed E-state index contributed by atoms with van der Waals surface area (Å²) in [5, 5.41) is 0. The molecule has 2 heteroatoms. The number of thioether (sulfide) groups is 1. The van der Waals surface area contributed by atoms with E-state index in [-0.39, 0.29) is 5.78 Å². The highest BCUT2D eigenvalue weighted by Gasteiger charge is 2.29. The Morgan fingerprint density at radius 2 is 2.12 bits per heavy atom. The summed E-state index contributed by atoms with van der Waals surface area (Å²) in [6.07, 6.45) is 0. The van der Waals surface area contributed by atoms with Crippen LogP contribution in [0.3, 0.4) is 0 Å². The maximum atomic E-state index is 11.4. The largest absolute Gasteiger partial charge is 0.295 e. The minimum atomic E-state index is 0.164. The predicted octanol–water partition coefficient (Wildman–Crippen LogP) is 4.37. The van der Waals surface area contributed by atoms with Crippen LogP contribution >= 0.6 is 11.8 Å². The number of rotatable bonds is 2. The van der Waals surface area contributed by atoms with Gasteiger partial charge >= 0.3 is 0 Å². The number of ketones is 1. The summed E-state index contributed by atoms with van der Waals surface area (Å²) in [5.41, 5.74) is 2.22. The lowest BCUT2D eigenvalue weighted by atomic mass is 9.81. The average molecular weight is 248 g/mol. The van der Waals surface area contributed by atoms with Crippen molar-refractivity contribution in [3.05, 3.63) is 29.3 Å². The Kier molecular flexibility index (Phi) is 3.62. The van der Waals surface area contributed by atoms with Crippen LogP contribution in [0.1, 0.15) is 49.5 Å². The molecule has 1 aromatic rings. The molecule has 0 bridgehead atoms. The third-order valence-corrected chi connectivity index (χ3v) is 5.07. The van der Waals surface area contributed by atoms with Gasteiger partial charge in [-0.1, -0.05) is 26.8 Å². The third-order valence-electron chi connectivity index (χ3n) is 3.84. The van der Waals surface area contributed by atoms with Crippen LogP contribution in [0.25, 0.3) is 0 Å². The van der Waals surface area contributed by atoms with Crippen molar-refractivity contribution < 1.29 is 4.79 Å². The molecule has 0 aliphatic carbocycles. The second kappa shape index (κ2) is 4.85. The van der Waals surface area contributed by atoms with E-state index in [4.69, 9.17) is 0 Å². The van der Waals surface area contributed by atoms with Gasteiger partial charge in [-0.2, -0.15) is 0 Å². The summed E-state index contributed by atoms with van der Waals surface area (Å²) < 4.78 is 0. The monoisotopic (exact) mass is 248 g/mol. The Morgan fingerprint density at radius 1 is 1.41 bits per heavy atom. The SMILES string of the molecule is CC(=O)c1ccc2c(c1)[C@@H](C)C(C(C)C)CS2. The minimum absolute atomic E-state index is 0.164. The smallest absolute Gasteiger partial charge is 0.159 e. The van der Waals surface area contributed by atoms with Crippen LogP contribution < -0.4 is 0 Å². The zero-order valence-corrected chi connectivity index (χ0v) is 11.8. The quantitative estimate of drug-likeness (QED) is 0.723. The number of fused-ring (bicyclic) bond motifs is 1. The van der Waals surface area contributed by atoms with Gasteiger partial charge in [0.1, 0.15) is 0 Å². The Balaban J connectivity index is 2.39. The van der Waals surface area contributed by atoms with Crippen LogP contribution in [0, 0.1) is 11.8 Å². The zero-order valence-electron chi connectivity index (χ0n) is 11.0. The van der Waals surface area contributed by atoms with Gasteiger partial charge < -0.3 is 0 Å². The van der Waals surface area contributed by atoms with Crippen molar-refractivity contribution in [1.29, 1.82) is 0 Å². The summed E-state index contributed by atoms with van der Waals surface area (Å²) in [6, 6.07) is 6.17. The molecule has 2 atom stereocenters. The molecule has 1 nitrogen and oxygen atoms in total. The fourth-order valence-corrected chi connectivity index (χ4v) is 4.21. The lowest BCUT2D eigenvalue weighted by Gasteiger charge is -2.33. The van der Waals surface area contributed by atoms with Crippen molar-refractivity contribution in [2.75, 3.05) is 5.75 Å². The topological polar surface area (TPSA) is 17.1 Å². The van der Waals surface area contributed by atoms with Crippen LogP contribution in [-0.4, -0.2) is 11.5 Å². The van der Waals surface area contributed by atoms with E-state index < -0.39 is 0 Å². The molecule has 1 unspecified atom stereocenters. The molecule has 92 valence electrons. The van der Waals surface area contributed by atoms with Crippen LogP contribution in [0.4, 0.5) is 0 Å². The first-order valence-electron chi connectivity index (χ1n) is 6.28. The number of carbonyl (C=O) groups is 1. The summed E-state index contributed by atoms with van der Waals surface area (Å²) in [5.74, 6) is 3.34. The van der Waals surface area contributed by atoms with Gasteiger partial charge in [0, 0.05) is 16.2 Å². The molecular formula is C15H20OS. The second-order valence-electron chi connectivity index (χ2n) is 5.32. The minimum Gasteiger partial charge on any atom is -0.295 e. The fraction of sp³-hybridized carbons (Fsp3) is 0.533. The van der Waals surface area contributed by atoms with Gasteiger partial charge in [-0.25, -0.2) is 0 Å². The van der Waals surface area contributed by atoms with Crippen molar-refractivity contribution in [3.8, 4) is 0 Å². The highest BCUT2D eigenvalue weighted by molar-refractivity contribution is 7.99. The molecule has 1 aromatic carbocycles. The molecule has 0 fully saturated rings. The van der Waals surface area contributed by atoms with Crippen molar-refractivity contribution in [2.24, 2.45) is 11.8 Å². The zero-order chi connectivity index (χ0) is 12.6. The lowest BCUT2D eigenvalue weighted by molar-refractivity contribution is 0.101. The lowest BCUT2D eigenvalue weighted by Crippen LogP contribution is -2.23. The van der Waals surface area contributed by atoms with Crippen LogP contribution in [0.2, 0.25) is 0 Å². The number of hydrogen-bond acceptors (Lipinski definition) is 2. The van der Waals surface area contributed by atoms with E-state index in [1.54, 1.807) is 6.92 Å². The van der Waals surface area contributed by atoms with E-state index in [0.29, 0.717) is 11.8 Å². The van der Waals surface area contributed by atoms with Crippen LogP contribution in [0.15, 0.2) is 23.1 Å². The molecule has 0 radical (unpaired) electrons. The average Bonchev–Trinajstić information content (AvgIpc) is 2.28. The summed E-state index contributed by atoms with van der Waals surface area (Å²) >= 11 is 1.94. The molecule has 1 aliphatic rings. The Morgan fingerprint density at radius 3 is 2.71 bits per heavy atom. The van der Waals surface area contributed by atoms with Gasteiger partial charge in [0.05, 0.1) is 0 Å². The molecule has 0 amide bonds. The van der Waals surface area contributed by atoms with Gasteiger partial charge in [0.15, 0.2) is 5.78 Å². The first-order valence-corrected chi connectivity index (χ1v) is 7.27. The van der Waals surface area contributed by atoms with Crippen molar-refractivity contribution in [1.82, 2.24) is 0 Å². The van der Waals surface area contributed by atoms with Crippen LogP contribution in [0.5, 0.6) is 0 Å². The van der Waals surface area contributed by atoms with Gasteiger partial charge in [-0.15, -0.1) is 11.8 Å². The van der Waals surface area contributed by atoms with E-state index in [1.807, 2.05) is 17.8 Å². The molecule has 0 saturated carbocycles. The molecule has 1 heterocycles. The summed E-state index contributed by atoms with van der Waals surface area (Å²) in [7, 11) is 0. The molecule has 2 rings (SSSR count). The highest BCUT2D eigenvalue weighted by atomic mass is 32.2. The number of benzene rings is 1. The maximum absolute atomic E-state index is 11.4. The van der Waals surface area contributed by atoms with E-state index in [9.17, 15) is 4.79 Å². The number of Topliss-reactive ketones (excluding diaryl/α,β-unsaturated/α-hetero) is 1. The van der Waals surface area contributed by atoms with Crippen molar-refractivity contribution in [2.45, 2.75) is 38.5 Å². The molecule has 17 heavy (non-hydrogen) atoms. The molecule has 0 N–H and O–H groups in total. The third kappa shape index (κ3) is 2.42. The Hall–Kier alpha value is -0.760. The maximum Gasteiger partial charge on any atom is 0.159 e. The summed E-state index contributed by atoms with van der Waals surface area (Å²) in [4.78, 5) is 12.8. The van der Waals surface area contributed by atoms with Crippen molar-refractivity contribution in [3.63, 3.8) is 0 Å². The van der Waals surface area contributed by atoms with Gasteiger partial charge in [-0.05, 0) is 42.4 Å². The van der Waals surface area contributed by atoms with Gasteiger partial charge in [0.25, 0.3) is 0 Å². The molecule has 1 aliphatic heterocycles. The van der Waals surface area contributed by atoms with E-state index in [2.05, 4.69) is 32.9 Å². The first kappa shape index (κ1) is 12.7. The first-order chi connectivity index (χ1) is 8.00. The van der Waals surface area contributed by atoms with E-state index >= 15 is 0 Å². The summed E-state index contributed by atoms with van der Waals surface area (Å²) in [6.45, 7) is 8.53. The molecule has 0 saturated heterocycles. The Bertz CT molecular complexity index is 437. The van der Waals surface area contributed by atoms with Gasteiger partial charge in [0.2, 0.25) is 0 Å². The standard InChI is InChI=1S/C15H20OS/c1-9(2)14-8-17-15-6-5-12(11(4)16)7-13(15)10(14)3/h5-7,9-10,14H,8H2,1-4H3/t10-,14?/m1/s1. The second-order valence-corrected chi connectivity index (χ2v) is 6.38. The van der Waals surface area contributed by atoms with Crippen LogP contribution in [-0.2, 0) is 0 Å². The fourth-order valence-electron chi connectivity index (χ4n) is 2.59. The highest BCUT2D eigenvalue weighted by Crippen LogP contribution is 2.43. The van der Waals surface area contributed by atoms with E-state index in [0.717, 1.165) is 11.5 Å². The Labute approximate surface area is 108 Å². The molecular weight excluding hydrogens is 228 g/mol. The van der Waals surface area contributed by atoms with E-state index in [1.165, 1.54) is 16.2 Å². The number of hydrogen-bond donors (Lipinski definition) is 0. The number of carbonyl (C=O) groups excluding carboxylic acids is 1.